The number of aryl methyl sites for hydroxylation is 1. The van der Waals surface area contributed by atoms with Gasteiger partial charge in [-0.3, -0.25) is 4.79 Å². The van der Waals surface area contributed by atoms with Crippen molar-refractivity contribution in [2.75, 3.05) is 19.4 Å². The molecule has 172 valence electrons. The summed E-state index contributed by atoms with van der Waals surface area (Å²) in [6.45, 7) is 4.62. The Morgan fingerprint density at radius 1 is 1.28 bits per heavy atom. The van der Waals surface area contributed by atoms with Gasteiger partial charge >= 0.3 is 0 Å². The number of imidazole rings is 1. The van der Waals surface area contributed by atoms with Crippen LogP contribution in [0.1, 0.15) is 26.7 Å². The predicted molar refractivity (Wildman–Crippen MR) is 129 cm³/mol. The van der Waals surface area contributed by atoms with Crippen molar-refractivity contribution < 1.29 is 13.2 Å². The van der Waals surface area contributed by atoms with Gasteiger partial charge in [-0.2, -0.15) is 0 Å². The molecule has 0 saturated carbocycles. The third kappa shape index (κ3) is 5.43. The van der Waals surface area contributed by atoms with Gasteiger partial charge in [-0.05, 0) is 43.7 Å². The average molecular weight is 496 g/mol. The molecule has 1 N–H and O–H groups in total. The van der Waals surface area contributed by atoms with E-state index in [1.54, 1.807) is 37.3 Å². The molecule has 0 aliphatic carbocycles. The van der Waals surface area contributed by atoms with Crippen LogP contribution in [0.25, 0.3) is 11.0 Å². The van der Waals surface area contributed by atoms with E-state index in [0.717, 1.165) is 24.9 Å². The van der Waals surface area contributed by atoms with E-state index in [9.17, 15) is 13.2 Å². The first kappa shape index (κ1) is 24.5. The Hall–Kier alpha value is -2.14. The van der Waals surface area contributed by atoms with Crippen molar-refractivity contribution in [1.82, 2.24) is 18.8 Å². The third-order valence-corrected chi connectivity index (χ3v) is 7.95. The molecule has 11 heteroatoms. The average Bonchev–Trinajstić information content (AvgIpc) is 3.09. The third-order valence-electron chi connectivity index (χ3n) is 4.83. The van der Waals surface area contributed by atoms with Crippen LogP contribution in [0.5, 0.6) is 0 Å². The van der Waals surface area contributed by atoms with Crippen LogP contribution in [0.15, 0.2) is 46.6 Å². The predicted octanol–water partition coefficient (Wildman–Crippen LogP) is 4.25. The minimum atomic E-state index is -3.57. The fourth-order valence-corrected chi connectivity index (χ4v) is 4.95. The lowest BCUT2D eigenvalue weighted by molar-refractivity contribution is -0.115. The maximum Gasteiger partial charge on any atom is 0.242 e. The molecule has 1 amide bonds. The van der Waals surface area contributed by atoms with Gasteiger partial charge in [0.2, 0.25) is 15.9 Å². The Morgan fingerprint density at radius 2 is 2.03 bits per heavy atom. The number of carbonyl (C=O) groups excluding carboxylic acids is 1. The molecule has 1 atom stereocenters. The lowest BCUT2D eigenvalue weighted by atomic mass is 10.3. The van der Waals surface area contributed by atoms with E-state index in [1.807, 2.05) is 4.57 Å². The highest BCUT2D eigenvalue weighted by molar-refractivity contribution is 8.00. The Morgan fingerprint density at radius 3 is 2.66 bits per heavy atom. The van der Waals surface area contributed by atoms with Crippen LogP contribution in [0.4, 0.5) is 5.82 Å². The fourth-order valence-electron chi connectivity index (χ4n) is 2.97. The van der Waals surface area contributed by atoms with Crippen molar-refractivity contribution in [3.05, 3.63) is 41.6 Å². The summed E-state index contributed by atoms with van der Waals surface area (Å²) < 4.78 is 28.3. The fraction of sp³-hybridized carbons (Fsp3) is 0.381. The van der Waals surface area contributed by atoms with Gasteiger partial charge in [0.15, 0.2) is 5.16 Å². The number of unbranched alkanes of at least 4 members (excludes halogenated alkanes) is 1. The highest BCUT2D eigenvalue weighted by atomic mass is 35.5. The zero-order chi connectivity index (χ0) is 23.5. The molecule has 0 radical (unpaired) electrons. The number of nitrogens with zero attached hydrogens (tertiary/aromatic N) is 4. The zero-order valence-corrected chi connectivity index (χ0v) is 20.8. The first-order valence-corrected chi connectivity index (χ1v) is 12.8. The summed E-state index contributed by atoms with van der Waals surface area (Å²) in [5.41, 5.74) is 1.42. The molecule has 0 aliphatic rings. The van der Waals surface area contributed by atoms with Crippen molar-refractivity contribution in [2.24, 2.45) is 0 Å². The molecule has 0 fully saturated rings. The molecule has 32 heavy (non-hydrogen) atoms. The number of sulfonamides is 1. The molecular formula is C21H26ClN5O3S2. The molecule has 8 nitrogen and oxygen atoms in total. The Labute approximate surface area is 197 Å². The molecule has 0 bridgehead atoms. The van der Waals surface area contributed by atoms with Gasteiger partial charge in [-0.25, -0.2) is 22.7 Å². The quantitative estimate of drug-likeness (QED) is 0.445. The van der Waals surface area contributed by atoms with Crippen LogP contribution in [0, 0.1) is 0 Å². The normalized spacial score (nSPS) is 12.9. The second-order valence-electron chi connectivity index (χ2n) is 7.45. The first-order valence-electron chi connectivity index (χ1n) is 10.2. The number of pyridine rings is 1. The number of nitrogens with one attached hydrogen (secondary N) is 1. The van der Waals surface area contributed by atoms with Gasteiger partial charge < -0.3 is 9.88 Å². The van der Waals surface area contributed by atoms with Crippen molar-refractivity contribution in [2.45, 2.75) is 48.5 Å². The molecule has 0 aliphatic heterocycles. The SMILES string of the molecule is CCCCn1c(SC(C)C(=O)Nc2ccc(Cl)cn2)nc2cc(S(=O)(=O)N(C)C)ccc21. The smallest absolute Gasteiger partial charge is 0.242 e. The Bertz CT molecular complexity index is 1210. The van der Waals surface area contributed by atoms with Crippen LogP contribution < -0.4 is 5.32 Å². The molecule has 0 saturated heterocycles. The molecule has 2 aromatic heterocycles. The molecule has 1 unspecified atom stereocenters. The van der Waals surface area contributed by atoms with Gasteiger partial charge in [-0.15, -0.1) is 0 Å². The van der Waals surface area contributed by atoms with E-state index in [4.69, 9.17) is 11.6 Å². The monoisotopic (exact) mass is 495 g/mol. The molecule has 0 spiro atoms. The molecular weight excluding hydrogens is 470 g/mol. The van der Waals surface area contributed by atoms with Gasteiger partial charge in [0.05, 0.1) is 26.2 Å². The van der Waals surface area contributed by atoms with Crippen molar-refractivity contribution >= 4 is 56.1 Å². The van der Waals surface area contributed by atoms with E-state index < -0.39 is 15.3 Å². The van der Waals surface area contributed by atoms with Gasteiger partial charge in [0.25, 0.3) is 0 Å². The highest BCUT2D eigenvalue weighted by Crippen LogP contribution is 2.30. The summed E-state index contributed by atoms with van der Waals surface area (Å²) in [4.78, 5) is 21.6. The standard InChI is InChI=1S/C21H26ClN5O3S2/c1-5-6-11-27-18-9-8-16(32(29,30)26(3)4)12-17(18)24-21(27)31-14(2)20(28)25-19-10-7-15(22)13-23-19/h7-10,12-14H,5-6,11H2,1-4H3,(H,23,25,28). The number of rotatable bonds is 9. The number of carbonyl (C=O) groups is 1. The second-order valence-corrected chi connectivity index (χ2v) is 11.3. The number of anilines is 1. The number of halogens is 1. The van der Waals surface area contributed by atoms with Crippen molar-refractivity contribution in [3.63, 3.8) is 0 Å². The van der Waals surface area contributed by atoms with Gasteiger partial charge in [0, 0.05) is 26.8 Å². The minimum Gasteiger partial charge on any atom is -0.319 e. The van der Waals surface area contributed by atoms with Gasteiger partial charge in [-0.1, -0.05) is 36.7 Å². The molecule has 2 heterocycles. The molecule has 1 aromatic carbocycles. The topological polar surface area (TPSA) is 97.2 Å². The molecule has 3 aromatic rings. The Kier molecular flexibility index (Phi) is 7.81. The summed E-state index contributed by atoms with van der Waals surface area (Å²) in [6.07, 6.45) is 3.40. The second kappa shape index (κ2) is 10.2. The van der Waals surface area contributed by atoms with Crippen molar-refractivity contribution in [1.29, 1.82) is 0 Å². The summed E-state index contributed by atoms with van der Waals surface area (Å²) in [5, 5.41) is 3.48. The van der Waals surface area contributed by atoms with Crippen LogP contribution in [0.3, 0.4) is 0 Å². The number of hydrogen-bond donors (Lipinski definition) is 1. The number of aromatic nitrogens is 3. The van der Waals surface area contributed by atoms with E-state index in [-0.39, 0.29) is 10.8 Å². The highest BCUT2D eigenvalue weighted by Gasteiger charge is 2.22. The number of benzene rings is 1. The summed E-state index contributed by atoms with van der Waals surface area (Å²) >= 11 is 7.16. The summed E-state index contributed by atoms with van der Waals surface area (Å²) in [6, 6.07) is 8.26. The van der Waals surface area contributed by atoms with E-state index in [2.05, 4.69) is 22.2 Å². The maximum atomic E-state index is 12.7. The lowest BCUT2D eigenvalue weighted by Crippen LogP contribution is -2.23. The first-order chi connectivity index (χ1) is 15.1. The number of thioether (sulfide) groups is 1. The Balaban J connectivity index is 1.89. The largest absolute Gasteiger partial charge is 0.319 e. The summed E-state index contributed by atoms with van der Waals surface area (Å²) in [5.74, 6) is 0.208. The summed E-state index contributed by atoms with van der Waals surface area (Å²) in [7, 11) is -0.573. The maximum absolute atomic E-state index is 12.7. The zero-order valence-electron chi connectivity index (χ0n) is 18.4. The van der Waals surface area contributed by atoms with Crippen LogP contribution >= 0.6 is 23.4 Å². The van der Waals surface area contributed by atoms with Crippen LogP contribution in [-0.4, -0.2) is 52.5 Å². The van der Waals surface area contributed by atoms with Crippen LogP contribution in [0.2, 0.25) is 5.02 Å². The van der Waals surface area contributed by atoms with E-state index in [0.29, 0.717) is 21.5 Å². The number of fused-ring (bicyclic) bond motifs is 1. The minimum absolute atomic E-state index is 0.186. The van der Waals surface area contributed by atoms with E-state index >= 15 is 0 Å². The van der Waals surface area contributed by atoms with E-state index in [1.165, 1.54) is 36.4 Å². The van der Waals surface area contributed by atoms with Crippen molar-refractivity contribution in [3.8, 4) is 0 Å². The lowest BCUT2D eigenvalue weighted by Gasteiger charge is -2.13. The van der Waals surface area contributed by atoms with Crippen LogP contribution in [-0.2, 0) is 21.4 Å². The molecule has 3 rings (SSSR count). The number of hydrogen-bond acceptors (Lipinski definition) is 6. The number of amides is 1. The van der Waals surface area contributed by atoms with Gasteiger partial charge in [0.1, 0.15) is 5.82 Å².